The van der Waals surface area contributed by atoms with Crippen LogP contribution in [0.1, 0.15) is 42.1 Å². The number of likely N-dealkylation sites (tertiary alicyclic amines) is 1. The Morgan fingerprint density at radius 1 is 1.11 bits per heavy atom. The number of rotatable bonds is 5. The quantitative estimate of drug-likeness (QED) is 0.865. The fraction of sp³-hybridized carbons (Fsp3) is 0.476. The van der Waals surface area contributed by atoms with Gasteiger partial charge in [-0.3, -0.25) is 9.59 Å². The van der Waals surface area contributed by atoms with Crippen molar-refractivity contribution in [1.29, 1.82) is 0 Å². The molecular formula is C21H27N5O2. The molecule has 2 aliphatic rings. The zero-order chi connectivity index (χ0) is 19.7. The number of piperidine rings is 1. The second-order valence-corrected chi connectivity index (χ2v) is 7.89. The van der Waals surface area contributed by atoms with Gasteiger partial charge < -0.3 is 15.1 Å². The van der Waals surface area contributed by atoms with Gasteiger partial charge in [0.1, 0.15) is 5.82 Å². The van der Waals surface area contributed by atoms with E-state index in [0.29, 0.717) is 13.1 Å². The van der Waals surface area contributed by atoms with Crippen LogP contribution in [-0.2, 0) is 4.79 Å². The summed E-state index contributed by atoms with van der Waals surface area (Å²) in [7, 11) is 3.94. The van der Waals surface area contributed by atoms with Crippen molar-refractivity contribution in [3.63, 3.8) is 0 Å². The summed E-state index contributed by atoms with van der Waals surface area (Å²) in [5.41, 5.74) is 1.74. The number of amides is 2. The topological polar surface area (TPSA) is 70.5 Å². The molecule has 0 unspecified atom stereocenters. The SMILES string of the molecule is CN(C)c1cccc(C(=O)N2CCC(n3nccc3NC(=O)C3CC3)CC2)c1. The molecular weight excluding hydrogens is 354 g/mol. The maximum atomic E-state index is 12.9. The maximum absolute atomic E-state index is 12.9. The van der Waals surface area contributed by atoms with E-state index in [9.17, 15) is 9.59 Å². The van der Waals surface area contributed by atoms with E-state index >= 15 is 0 Å². The number of benzene rings is 1. The Morgan fingerprint density at radius 3 is 2.54 bits per heavy atom. The van der Waals surface area contributed by atoms with Crippen LogP contribution in [0.4, 0.5) is 11.5 Å². The van der Waals surface area contributed by atoms with Crippen molar-refractivity contribution in [2.75, 3.05) is 37.4 Å². The van der Waals surface area contributed by atoms with E-state index < -0.39 is 0 Å². The molecule has 1 aromatic heterocycles. The minimum Gasteiger partial charge on any atom is -0.378 e. The first kappa shape index (κ1) is 18.5. The minimum atomic E-state index is 0.0740. The molecule has 0 atom stereocenters. The van der Waals surface area contributed by atoms with E-state index in [1.54, 1.807) is 6.20 Å². The molecule has 2 fully saturated rings. The van der Waals surface area contributed by atoms with Crippen molar-refractivity contribution in [2.45, 2.75) is 31.7 Å². The monoisotopic (exact) mass is 381 g/mol. The zero-order valence-electron chi connectivity index (χ0n) is 16.5. The van der Waals surface area contributed by atoms with Crippen LogP contribution in [0.15, 0.2) is 36.5 Å². The lowest BCUT2D eigenvalue weighted by atomic mass is 10.0. The number of nitrogens with zero attached hydrogens (tertiary/aromatic N) is 4. The van der Waals surface area contributed by atoms with Crippen molar-refractivity contribution >= 4 is 23.3 Å². The molecule has 1 aliphatic carbocycles. The number of nitrogens with one attached hydrogen (secondary N) is 1. The van der Waals surface area contributed by atoms with Gasteiger partial charge in [-0.25, -0.2) is 4.68 Å². The van der Waals surface area contributed by atoms with Crippen molar-refractivity contribution in [2.24, 2.45) is 5.92 Å². The Kier molecular flexibility index (Phi) is 5.07. The highest BCUT2D eigenvalue weighted by Crippen LogP contribution is 2.31. The second kappa shape index (κ2) is 7.66. The van der Waals surface area contributed by atoms with Crippen LogP contribution in [0.5, 0.6) is 0 Å². The molecule has 1 N–H and O–H groups in total. The van der Waals surface area contributed by atoms with E-state index in [2.05, 4.69) is 10.4 Å². The van der Waals surface area contributed by atoms with Gasteiger partial charge >= 0.3 is 0 Å². The average molecular weight is 381 g/mol. The van der Waals surface area contributed by atoms with Crippen molar-refractivity contribution in [1.82, 2.24) is 14.7 Å². The van der Waals surface area contributed by atoms with Crippen LogP contribution in [0, 0.1) is 5.92 Å². The van der Waals surface area contributed by atoms with Gasteiger partial charge in [-0.15, -0.1) is 0 Å². The van der Waals surface area contributed by atoms with Gasteiger partial charge in [0.25, 0.3) is 5.91 Å². The van der Waals surface area contributed by atoms with Crippen LogP contribution >= 0.6 is 0 Å². The molecule has 0 bridgehead atoms. The smallest absolute Gasteiger partial charge is 0.253 e. The third-order valence-electron chi connectivity index (χ3n) is 5.58. The van der Waals surface area contributed by atoms with E-state index in [4.69, 9.17) is 0 Å². The predicted molar refractivity (Wildman–Crippen MR) is 109 cm³/mol. The Balaban J connectivity index is 1.38. The largest absolute Gasteiger partial charge is 0.378 e. The molecule has 1 saturated heterocycles. The number of hydrogen-bond acceptors (Lipinski definition) is 4. The van der Waals surface area contributed by atoms with Gasteiger partial charge in [0, 0.05) is 50.4 Å². The summed E-state index contributed by atoms with van der Waals surface area (Å²) in [5.74, 6) is 1.10. The van der Waals surface area contributed by atoms with Crippen molar-refractivity contribution < 1.29 is 9.59 Å². The lowest BCUT2D eigenvalue weighted by Gasteiger charge is -2.33. The van der Waals surface area contributed by atoms with Crippen molar-refractivity contribution in [3.8, 4) is 0 Å². The predicted octanol–water partition coefficient (Wildman–Crippen LogP) is 2.77. The fourth-order valence-corrected chi connectivity index (χ4v) is 3.69. The number of carbonyl (C=O) groups excluding carboxylic acids is 2. The molecule has 7 nitrogen and oxygen atoms in total. The van der Waals surface area contributed by atoms with Gasteiger partial charge in [-0.05, 0) is 43.9 Å². The van der Waals surface area contributed by atoms with Gasteiger partial charge in [0.05, 0.1) is 12.2 Å². The molecule has 2 heterocycles. The summed E-state index contributed by atoms with van der Waals surface area (Å²) >= 11 is 0. The highest BCUT2D eigenvalue weighted by molar-refractivity contribution is 5.95. The number of hydrogen-bond donors (Lipinski definition) is 1. The average Bonchev–Trinajstić information content (AvgIpc) is 3.47. The first-order chi connectivity index (χ1) is 13.5. The summed E-state index contributed by atoms with van der Waals surface area (Å²) in [6, 6.07) is 9.78. The van der Waals surface area contributed by atoms with E-state index in [1.165, 1.54) is 0 Å². The molecule has 148 valence electrons. The third-order valence-corrected chi connectivity index (χ3v) is 5.58. The summed E-state index contributed by atoms with van der Waals surface area (Å²) in [4.78, 5) is 28.9. The standard InChI is InChI=1S/C21H27N5O2/c1-24(2)18-5-3-4-16(14-18)21(28)25-12-9-17(10-13-25)26-19(8-11-22-26)23-20(27)15-6-7-15/h3-5,8,11,14-15,17H,6-7,9-10,12-13H2,1-2H3,(H,23,27). The highest BCUT2D eigenvalue weighted by Gasteiger charge is 2.31. The molecule has 0 spiro atoms. The fourth-order valence-electron chi connectivity index (χ4n) is 3.69. The summed E-state index contributed by atoms with van der Waals surface area (Å²) < 4.78 is 1.91. The molecule has 1 aliphatic heterocycles. The van der Waals surface area contributed by atoms with Gasteiger partial charge in [-0.2, -0.15) is 5.10 Å². The number of aromatic nitrogens is 2. The van der Waals surface area contributed by atoms with Crippen LogP contribution in [0.3, 0.4) is 0 Å². The van der Waals surface area contributed by atoms with Crippen LogP contribution in [0.2, 0.25) is 0 Å². The molecule has 1 aromatic carbocycles. The van der Waals surface area contributed by atoms with Crippen LogP contribution < -0.4 is 10.2 Å². The van der Waals surface area contributed by atoms with Gasteiger partial charge in [-0.1, -0.05) is 6.07 Å². The molecule has 7 heteroatoms. The molecule has 2 aromatic rings. The third kappa shape index (κ3) is 3.88. The lowest BCUT2D eigenvalue weighted by Crippen LogP contribution is -2.39. The first-order valence-corrected chi connectivity index (χ1v) is 9.94. The first-order valence-electron chi connectivity index (χ1n) is 9.94. The lowest BCUT2D eigenvalue weighted by molar-refractivity contribution is -0.117. The summed E-state index contributed by atoms with van der Waals surface area (Å²) in [6.45, 7) is 1.37. The van der Waals surface area contributed by atoms with Crippen LogP contribution in [-0.4, -0.2) is 53.7 Å². The molecule has 2 amide bonds. The van der Waals surface area contributed by atoms with Crippen molar-refractivity contribution in [3.05, 3.63) is 42.1 Å². The van der Waals surface area contributed by atoms with Crippen LogP contribution in [0.25, 0.3) is 0 Å². The summed E-state index contributed by atoms with van der Waals surface area (Å²) in [6.07, 6.45) is 5.35. The van der Waals surface area contributed by atoms with Gasteiger partial charge in [0.15, 0.2) is 0 Å². The normalized spacial score (nSPS) is 17.4. The second-order valence-electron chi connectivity index (χ2n) is 7.89. The molecule has 0 radical (unpaired) electrons. The molecule has 4 rings (SSSR count). The zero-order valence-corrected chi connectivity index (χ0v) is 16.5. The van der Waals surface area contributed by atoms with E-state index in [0.717, 1.165) is 42.8 Å². The minimum absolute atomic E-state index is 0.0740. The molecule has 28 heavy (non-hydrogen) atoms. The number of carbonyl (C=O) groups is 2. The Morgan fingerprint density at radius 2 is 1.86 bits per heavy atom. The Labute approximate surface area is 165 Å². The van der Waals surface area contributed by atoms with Gasteiger partial charge in [0.2, 0.25) is 5.91 Å². The van der Waals surface area contributed by atoms with E-state index in [1.807, 2.05) is 58.9 Å². The highest BCUT2D eigenvalue weighted by atomic mass is 16.2. The number of anilines is 2. The van der Waals surface area contributed by atoms with E-state index in [-0.39, 0.29) is 23.8 Å². The molecule has 1 saturated carbocycles. The Hall–Kier alpha value is -2.83. The Bertz CT molecular complexity index is 863. The maximum Gasteiger partial charge on any atom is 0.253 e. The summed E-state index contributed by atoms with van der Waals surface area (Å²) in [5, 5.41) is 7.43.